The second-order valence-corrected chi connectivity index (χ2v) is 5.74. The molecule has 16 heavy (non-hydrogen) atoms. The molecule has 2 fully saturated rings. The van der Waals surface area contributed by atoms with Crippen LogP contribution in [0.3, 0.4) is 0 Å². The summed E-state index contributed by atoms with van der Waals surface area (Å²) in [5.74, 6) is 0. The van der Waals surface area contributed by atoms with Gasteiger partial charge in [0.15, 0.2) is 0 Å². The van der Waals surface area contributed by atoms with Crippen molar-refractivity contribution >= 4 is 0 Å². The molecule has 2 nitrogen and oxygen atoms in total. The lowest BCUT2D eigenvalue weighted by atomic mass is 9.87. The smallest absolute Gasteiger partial charge is 0.0334 e. The van der Waals surface area contributed by atoms with E-state index in [1.54, 1.807) is 0 Å². The Morgan fingerprint density at radius 1 is 1.12 bits per heavy atom. The molecular weight excluding hydrogens is 196 g/mol. The lowest BCUT2D eigenvalue weighted by molar-refractivity contribution is 0.0635. The average Bonchev–Trinajstić information content (AvgIpc) is 2.67. The standard InChI is InChI=1S/C14H28N2/c1-2-13-8-7-11-16(13)14(12-15)9-5-3-4-6-10-14/h13H,2-12,15H2,1H3. The fourth-order valence-corrected chi connectivity index (χ4v) is 3.88. The van der Waals surface area contributed by atoms with Crippen LogP contribution in [0, 0.1) is 0 Å². The monoisotopic (exact) mass is 224 g/mol. The van der Waals surface area contributed by atoms with Crippen LogP contribution in [0.1, 0.15) is 64.7 Å². The van der Waals surface area contributed by atoms with Crippen molar-refractivity contribution in [3.63, 3.8) is 0 Å². The molecule has 0 bridgehead atoms. The molecule has 0 radical (unpaired) electrons. The van der Waals surface area contributed by atoms with Gasteiger partial charge < -0.3 is 5.73 Å². The molecule has 2 aliphatic rings. The summed E-state index contributed by atoms with van der Waals surface area (Å²) in [5.41, 5.74) is 6.53. The zero-order valence-corrected chi connectivity index (χ0v) is 10.9. The van der Waals surface area contributed by atoms with Crippen molar-refractivity contribution in [2.24, 2.45) is 5.73 Å². The molecule has 1 heterocycles. The number of hydrogen-bond acceptors (Lipinski definition) is 2. The van der Waals surface area contributed by atoms with Crippen molar-refractivity contribution < 1.29 is 0 Å². The summed E-state index contributed by atoms with van der Waals surface area (Å²) >= 11 is 0. The molecule has 1 aliphatic carbocycles. The molecule has 2 heteroatoms. The van der Waals surface area contributed by atoms with Crippen molar-refractivity contribution in [1.29, 1.82) is 0 Å². The third kappa shape index (κ3) is 2.28. The van der Waals surface area contributed by atoms with E-state index >= 15 is 0 Å². The maximum Gasteiger partial charge on any atom is 0.0334 e. The Balaban J connectivity index is 2.11. The van der Waals surface area contributed by atoms with Crippen LogP contribution in [-0.4, -0.2) is 29.6 Å². The second-order valence-electron chi connectivity index (χ2n) is 5.74. The molecule has 94 valence electrons. The van der Waals surface area contributed by atoms with Crippen molar-refractivity contribution in [3.05, 3.63) is 0 Å². The zero-order chi connectivity index (χ0) is 11.4. The minimum absolute atomic E-state index is 0.369. The van der Waals surface area contributed by atoms with E-state index in [0.717, 1.165) is 12.6 Å². The van der Waals surface area contributed by atoms with Crippen LogP contribution < -0.4 is 5.73 Å². The number of nitrogens with zero attached hydrogens (tertiary/aromatic N) is 1. The van der Waals surface area contributed by atoms with Gasteiger partial charge in [-0.15, -0.1) is 0 Å². The lowest BCUT2D eigenvalue weighted by Gasteiger charge is -2.44. The summed E-state index contributed by atoms with van der Waals surface area (Å²) in [4.78, 5) is 2.79. The number of rotatable bonds is 3. The van der Waals surface area contributed by atoms with E-state index in [9.17, 15) is 0 Å². The Hall–Kier alpha value is -0.0800. The highest BCUT2D eigenvalue weighted by molar-refractivity contribution is 4.98. The number of nitrogens with two attached hydrogens (primary N) is 1. The minimum atomic E-state index is 0.369. The predicted octanol–water partition coefficient (Wildman–Crippen LogP) is 2.91. The summed E-state index contributed by atoms with van der Waals surface area (Å²) in [6.45, 7) is 4.52. The summed E-state index contributed by atoms with van der Waals surface area (Å²) < 4.78 is 0. The van der Waals surface area contributed by atoms with Gasteiger partial charge in [0, 0.05) is 18.1 Å². The molecule has 0 aromatic carbocycles. The molecule has 2 rings (SSSR count). The van der Waals surface area contributed by atoms with Crippen molar-refractivity contribution in [3.8, 4) is 0 Å². The highest BCUT2D eigenvalue weighted by atomic mass is 15.2. The van der Waals surface area contributed by atoms with Gasteiger partial charge in [-0.1, -0.05) is 32.6 Å². The third-order valence-corrected chi connectivity index (χ3v) is 4.87. The molecule has 1 atom stereocenters. The van der Waals surface area contributed by atoms with Gasteiger partial charge >= 0.3 is 0 Å². The Morgan fingerprint density at radius 3 is 2.38 bits per heavy atom. The summed E-state index contributed by atoms with van der Waals surface area (Å²) in [6.07, 6.45) is 12.4. The minimum Gasteiger partial charge on any atom is -0.329 e. The fraction of sp³-hybridized carbons (Fsp3) is 1.00. The summed E-state index contributed by atoms with van der Waals surface area (Å²) in [5, 5.41) is 0. The molecule has 1 saturated heterocycles. The quantitative estimate of drug-likeness (QED) is 0.747. The fourth-order valence-electron chi connectivity index (χ4n) is 3.88. The molecule has 2 N–H and O–H groups in total. The Morgan fingerprint density at radius 2 is 1.81 bits per heavy atom. The van der Waals surface area contributed by atoms with Gasteiger partial charge in [0.1, 0.15) is 0 Å². The topological polar surface area (TPSA) is 29.3 Å². The normalized spacial score (nSPS) is 31.5. The van der Waals surface area contributed by atoms with E-state index in [0.29, 0.717) is 5.54 Å². The first-order valence-corrected chi connectivity index (χ1v) is 7.29. The molecule has 1 saturated carbocycles. The Kier molecular flexibility index (Phi) is 4.26. The van der Waals surface area contributed by atoms with Crippen LogP contribution in [0.5, 0.6) is 0 Å². The molecule has 1 unspecified atom stereocenters. The van der Waals surface area contributed by atoms with Gasteiger partial charge in [-0.25, -0.2) is 0 Å². The van der Waals surface area contributed by atoms with Gasteiger partial charge in [0.25, 0.3) is 0 Å². The first kappa shape index (κ1) is 12.4. The molecule has 0 amide bonds. The van der Waals surface area contributed by atoms with E-state index in [-0.39, 0.29) is 0 Å². The molecular formula is C14H28N2. The van der Waals surface area contributed by atoms with Crippen LogP contribution in [0.25, 0.3) is 0 Å². The molecule has 1 aliphatic heterocycles. The SMILES string of the molecule is CCC1CCCN1C1(CN)CCCCCC1. The van der Waals surface area contributed by atoms with Gasteiger partial charge in [-0.05, 0) is 38.6 Å². The third-order valence-electron chi connectivity index (χ3n) is 4.87. The first-order valence-electron chi connectivity index (χ1n) is 7.29. The maximum absolute atomic E-state index is 6.16. The van der Waals surface area contributed by atoms with Crippen LogP contribution >= 0.6 is 0 Å². The van der Waals surface area contributed by atoms with E-state index in [2.05, 4.69) is 11.8 Å². The van der Waals surface area contributed by atoms with Crippen LogP contribution in [0.15, 0.2) is 0 Å². The zero-order valence-electron chi connectivity index (χ0n) is 10.9. The van der Waals surface area contributed by atoms with Crippen molar-refractivity contribution in [2.45, 2.75) is 76.3 Å². The first-order chi connectivity index (χ1) is 7.82. The van der Waals surface area contributed by atoms with E-state index in [1.807, 2.05) is 0 Å². The second kappa shape index (κ2) is 5.50. The predicted molar refractivity (Wildman–Crippen MR) is 69.5 cm³/mol. The number of likely N-dealkylation sites (tertiary alicyclic amines) is 1. The lowest BCUT2D eigenvalue weighted by Crippen LogP contribution is -2.55. The van der Waals surface area contributed by atoms with Gasteiger partial charge in [0.05, 0.1) is 0 Å². The van der Waals surface area contributed by atoms with Gasteiger partial charge in [-0.2, -0.15) is 0 Å². The highest BCUT2D eigenvalue weighted by Gasteiger charge is 2.40. The largest absolute Gasteiger partial charge is 0.329 e. The van der Waals surface area contributed by atoms with Crippen LogP contribution in [-0.2, 0) is 0 Å². The van der Waals surface area contributed by atoms with Crippen molar-refractivity contribution in [2.75, 3.05) is 13.1 Å². The highest BCUT2D eigenvalue weighted by Crippen LogP contribution is 2.37. The molecule has 0 aromatic heterocycles. The average molecular weight is 224 g/mol. The summed E-state index contributed by atoms with van der Waals surface area (Å²) in [7, 11) is 0. The molecule has 0 aromatic rings. The van der Waals surface area contributed by atoms with E-state index < -0.39 is 0 Å². The Labute approximate surface area is 101 Å². The number of hydrogen-bond donors (Lipinski definition) is 1. The van der Waals surface area contributed by atoms with Crippen molar-refractivity contribution in [1.82, 2.24) is 4.90 Å². The summed E-state index contributed by atoms with van der Waals surface area (Å²) in [6, 6.07) is 0.821. The molecule has 0 spiro atoms. The van der Waals surface area contributed by atoms with Crippen LogP contribution in [0.4, 0.5) is 0 Å². The Bertz CT molecular complexity index is 207. The van der Waals surface area contributed by atoms with Crippen LogP contribution in [0.2, 0.25) is 0 Å². The van der Waals surface area contributed by atoms with E-state index in [1.165, 1.54) is 64.3 Å². The van der Waals surface area contributed by atoms with E-state index in [4.69, 9.17) is 5.73 Å². The maximum atomic E-state index is 6.16. The van der Waals surface area contributed by atoms with Gasteiger partial charge in [-0.3, -0.25) is 4.90 Å². The van der Waals surface area contributed by atoms with Gasteiger partial charge in [0.2, 0.25) is 0 Å².